The average Bonchev–Trinajstić information content (AvgIpc) is 3.19. The summed E-state index contributed by atoms with van der Waals surface area (Å²) in [6.07, 6.45) is 8.36. The molecule has 26 heavy (non-hydrogen) atoms. The molecule has 2 amide bonds. The molecule has 1 aromatic carbocycles. The summed E-state index contributed by atoms with van der Waals surface area (Å²) in [7, 11) is 1.65. The number of ether oxygens (including phenoxy) is 1. The molecule has 1 fully saturated rings. The summed E-state index contributed by atoms with van der Waals surface area (Å²) in [5.41, 5.74) is 1.14. The molecule has 0 N–H and O–H groups in total. The van der Waals surface area contributed by atoms with Crippen LogP contribution in [0.3, 0.4) is 0 Å². The lowest BCUT2D eigenvalue weighted by Gasteiger charge is -2.35. The van der Waals surface area contributed by atoms with Crippen LogP contribution in [0.15, 0.2) is 36.4 Å². The normalized spacial score (nSPS) is 19.7. The number of hydrogen-bond acceptors (Lipinski definition) is 3. The summed E-state index contributed by atoms with van der Waals surface area (Å²) in [6, 6.07) is 7.84. The van der Waals surface area contributed by atoms with Gasteiger partial charge in [0.1, 0.15) is 5.75 Å². The molecule has 1 heterocycles. The second kappa shape index (κ2) is 8.88. The van der Waals surface area contributed by atoms with Gasteiger partial charge in [0.2, 0.25) is 11.8 Å². The van der Waals surface area contributed by atoms with Gasteiger partial charge in [0.15, 0.2) is 0 Å². The van der Waals surface area contributed by atoms with Crippen molar-refractivity contribution in [3.63, 3.8) is 0 Å². The van der Waals surface area contributed by atoms with Crippen LogP contribution in [0.1, 0.15) is 31.2 Å². The molecule has 5 heteroatoms. The Hall–Kier alpha value is -2.30. The van der Waals surface area contributed by atoms with Crippen molar-refractivity contribution in [2.45, 2.75) is 32.1 Å². The number of nitrogens with zero attached hydrogens (tertiary/aromatic N) is 2. The first-order chi connectivity index (χ1) is 12.7. The summed E-state index contributed by atoms with van der Waals surface area (Å²) in [6.45, 7) is 2.61. The van der Waals surface area contributed by atoms with E-state index >= 15 is 0 Å². The third kappa shape index (κ3) is 4.87. The SMILES string of the molecule is COc1ccc(CCC(=O)N2CCN(C(=O)C[C@H]3C=CCC3)CC2)cc1. The van der Waals surface area contributed by atoms with Crippen molar-refractivity contribution in [3.8, 4) is 5.75 Å². The Morgan fingerprint density at radius 1 is 1.04 bits per heavy atom. The molecule has 1 aliphatic carbocycles. The maximum Gasteiger partial charge on any atom is 0.223 e. The van der Waals surface area contributed by atoms with E-state index in [0.717, 1.165) is 30.6 Å². The molecule has 0 bridgehead atoms. The van der Waals surface area contributed by atoms with Crippen molar-refractivity contribution in [2.75, 3.05) is 33.3 Å². The van der Waals surface area contributed by atoms with Crippen LogP contribution in [0, 0.1) is 5.92 Å². The first-order valence-electron chi connectivity index (χ1n) is 9.51. The van der Waals surface area contributed by atoms with E-state index in [1.165, 1.54) is 0 Å². The van der Waals surface area contributed by atoms with Gasteiger partial charge in [0.25, 0.3) is 0 Å². The number of aryl methyl sites for hydroxylation is 1. The van der Waals surface area contributed by atoms with Crippen LogP contribution in [-0.4, -0.2) is 54.9 Å². The van der Waals surface area contributed by atoms with Crippen molar-refractivity contribution in [1.82, 2.24) is 9.80 Å². The summed E-state index contributed by atoms with van der Waals surface area (Å²) in [5.74, 6) is 1.64. The van der Waals surface area contributed by atoms with E-state index in [1.54, 1.807) is 7.11 Å². The van der Waals surface area contributed by atoms with Crippen LogP contribution in [0.25, 0.3) is 0 Å². The fourth-order valence-electron chi connectivity index (χ4n) is 3.63. The van der Waals surface area contributed by atoms with Crippen molar-refractivity contribution in [3.05, 3.63) is 42.0 Å². The first-order valence-corrected chi connectivity index (χ1v) is 9.51. The molecule has 2 aliphatic rings. The molecule has 1 saturated heterocycles. The van der Waals surface area contributed by atoms with Gasteiger partial charge >= 0.3 is 0 Å². The molecule has 1 aromatic rings. The van der Waals surface area contributed by atoms with Crippen molar-refractivity contribution >= 4 is 11.8 Å². The van der Waals surface area contributed by atoms with Gasteiger partial charge in [-0.2, -0.15) is 0 Å². The van der Waals surface area contributed by atoms with Crippen molar-refractivity contribution in [1.29, 1.82) is 0 Å². The Labute approximate surface area is 155 Å². The average molecular weight is 356 g/mol. The lowest BCUT2D eigenvalue weighted by atomic mass is 10.0. The van der Waals surface area contributed by atoms with Crippen LogP contribution >= 0.6 is 0 Å². The van der Waals surface area contributed by atoms with Gasteiger partial charge in [-0.3, -0.25) is 9.59 Å². The monoisotopic (exact) mass is 356 g/mol. The fraction of sp³-hybridized carbons (Fsp3) is 0.524. The number of benzene rings is 1. The molecule has 3 rings (SSSR count). The highest BCUT2D eigenvalue weighted by Crippen LogP contribution is 2.21. The topological polar surface area (TPSA) is 49.9 Å². The number of allylic oxidation sites excluding steroid dienone is 2. The van der Waals surface area contributed by atoms with E-state index in [4.69, 9.17) is 4.74 Å². The van der Waals surface area contributed by atoms with Crippen LogP contribution < -0.4 is 4.74 Å². The van der Waals surface area contributed by atoms with Crippen LogP contribution in [0.5, 0.6) is 5.75 Å². The number of rotatable bonds is 6. The Morgan fingerprint density at radius 3 is 2.27 bits per heavy atom. The zero-order chi connectivity index (χ0) is 18.4. The first kappa shape index (κ1) is 18.5. The molecule has 140 valence electrons. The van der Waals surface area contributed by atoms with E-state index in [9.17, 15) is 9.59 Å². The smallest absolute Gasteiger partial charge is 0.223 e. The van der Waals surface area contributed by atoms with Gasteiger partial charge in [-0.05, 0) is 42.9 Å². The molecule has 0 radical (unpaired) electrons. The minimum atomic E-state index is 0.173. The highest BCUT2D eigenvalue weighted by atomic mass is 16.5. The lowest BCUT2D eigenvalue weighted by molar-refractivity contribution is -0.139. The van der Waals surface area contributed by atoms with E-state index in [-0.39, 0.29) is 11.8 Å². The minimum Gasteiger partial charge on any atom is -0.497 e. The van der Waals surface area contributed by atoms with Gasteiger partial charge in [0, 0.05) is 39.0 Å². The molecule has 5 nitrogen and oxygen atoms in total. The Balaban J connectivity index is 1.39. The number of hydrogen-bond donors (Lipinski definition) is 0. The highest BCUT2D eigenvalue weighted by Gasteiger charge is 2.25. The predicted octanol–water partition coefficient (Wildman–Crippen LogP) is 2.65. The Kier molecular flexibility index (Phi) is 6.31. The molecule has 1 atom stereocenters. The summed E-state index contributed by atoms with van der Waals surface area (Å²) in [4.78, 5) is 28.6. The summed E-state index contributed by atoms with van der Waals surface area (Å²) >= 11 is 0. The molecule has 0 unspecified atom stereocenters. The number of carbonyl (C=O) groups is 2. The zero-order valence-electron chi connectivity index (χ0n) is 15.5. The second-order valence-corrected chi connectivity index (χ2v) is 7.08. The van der Waals surface area contributed by atoms with E-state index in [0.29, 0.717) is 44.9 Å². The second-order valence-electron chi connectivity index (χ2n) is 7.08. The molecule has 1 aliphatic heterocycles. The fourth-order valence-corrected chi connectivity index (χ4v) is 3.63. The Morgan fingerprint density at radius 2 is 1.69 bits per heavy atom. The zero-order valence-corrected chi connectivity index (χ0v) is 15.5. The highest BCUT2D eigenvalue weighted by molar-refractivity contribution is 5.79. The maximum atomic E-state index is 12.4. The number of carbonyl (C=O) groups excluding carboxylic acids is 2. The molecule has 0 saturated carbocycles. The maximum absolute atomic E-state index is 12.4. The van der Waals surface area contributed by atoms with E-state index in [2.05, 4.69) is 12.2 Å². The molecule has 0 aromatic heterocycles. The largest absolute Gasteiger partial charge is 0.497 e. The predicted molar refractivity (Wildman–Crippen MR) is 101 cm³/mol. The van der Waals surface area contributed by atoms with Gasteiger partial charge < -0.3 is 14.5 Å². The minimum absolute atomic E-state index is 0.173. The Bertz CT molecular complexity index is 646. The molecular weight excluding hydrogens is 328 g/mol. The van der Waals surface area contributed by atoms with Crippen LogP contribution in [0.2, 0.25) is 0 Å². The number of piperazine rings is 1. The standard InChI is InChI=1S/C21H28N2O3/c1-26-19-9-6-17(7-10-19)8-11-20(24)22-12-14-23(15-13-22)21(25)16-18-4-2-3-5-18/h2,4,6-7,9-10,18H,3,5,8,11-16H2,1H3/t18-/m0/s1. The van der Waals surface area contributed by atoms with Gasteiger partial charge in [-0.25, -0.2) is 0 Å². The quantitative estimate of drug-likeness (QED) is 0.737. The molecular formula is C21H28N2O3. The van der Waals surface area contributed by atoms with Gasteiger partial charge in [0.05, 0.1) is 7.11 Å². The van der Waals surface area contributed by atoms with E-state index < -0.39 is 0 Å². The summed E-state index contributed by atoms with van der Waals surface area (Å²) in [5, 5.41) is 0. The summed E-state index contributed by atoms with van der Waals surface area (Å²) < 4.78 is 5.15. The van der Waals surface area contributed by atoms with Crippen molar-refractivity contribution in [2.24, 2.45) is 5.92 Å². The van der Waals surface area contributed by atoms with Gasteiger partial charge in [-0.15, -0.1) is 0 Å². The van der Waals surface area contributed by atoms with Gasteiger partial charge in [-0.1, -0.05) is 24.3 Å². The number of methoxy groups -OCH3 is 1. The molecule has 0 spiro atoms. The van der Waals surface area contributed by atoms with Crippen molar-refractivity contribution < 1.29 is 14.3 Å². The van der Waals surface area contributed by atoms with Crippen LogP contribution in [0.4, 0.5) is 0 Å². The third-order valence-electron chi connectivity index (χ3n) is 5.32. The lowest BCUT2D eigenvalue weighted by Crippen LogP contribution is -2.50. The van der Waals surface area contributed by atoms with E-state index in [1.807, 2.05) is 34.1 Å². The van der Waals surface area contributed by atoms with Crippen LogP contribution in [-0.2, 0) is 16.0 Å². The third-order valence-corrected chi connectivity index (χ3v) is 5.32. The number of amides is 2.